The Balaban J connectivity index is 2.70. The van der Waals surface area contributed by atoms with Crippen LogP contribution in [0.2, 0.25) is 0 Å². The molecular formula is C19H22ClNO3S. The summed E-state index contributed by atoms with van der Waals surface area (Å²) in [6.45, 7) is 7.33. The van der Waals surface area contributed by atoms with Gasteiger partial charge in [-0.3, -0.25) is 9.10 Å². The SMILES string of the molecule is Cc1ccc(S(=O)(=O)N(c2ccccc2C(C)C)C(C)C(=O)Cl)cc1. The van der Waals surface area contributed by atoms with Crippen molar-refractivity contribution in [2.45, 2.75) is 44.6 Å². The van der Waals surface area contributed by atoms with E-state index in [0.29, 0.717) is 5.69 Å². The molecule has 0 aliphatic heterocycles. The molecule has 0 fully saturated rings. The van der Waals surface area contributed by atoms with Gasteiger partial charge in [0.2, 0.25) is 5.24 Å². The molecule has 0 radical (unpaired) electrons. The van der Waals surface area contributed by atoms with Crippen molar-refractivity contribution < 1.29 is 13.2 Å². The number of rotatable bonds is 6. The maximum Gasteiger partial charge on any atom is 0.265 e. The molecule has 0 aliphatic rings. The Morgan fingerprint density at radius 1 is 1.00 bits per heavy atom. The Morgan fingerprint density at radius 2 is 1.56 bits per heavy atom. The summed E-state index contributed by atoms with van der Waals surface area (Å²) in [7, 11) is -3.94. The fourth-order valence-corrected chi connectivity index (χ4v) is 4.44. The molecule has 0 spiro atoms. The molecule has 1 atom stereocenters. The first kappa shape index (κ1) is 19.5. The smallest absolute Gasteiger partial charge is 0.265 e. The molecular weight excluding hydrogens is 358 g/mol. The van der Waals surface area contributed by atoms with Gasteiger partial charge in [-0.25, -0.2) is 8.42 Å². The highest BCUT2D eigenvalue weighted by Crippen LogP contribution is 2.33. The lowest BCUT2D eigenvalue weighted by Gasteiger charge is -2.31. The van der Waals surface area contributed by atoms with Crippen LogP contribution in [-0.4, -0.2) is 19.7 Å². The molecule has 2 rings (SSSR count). The predicted molar refractivity (Wildman–Crippen MR) is 102 cm³/mol. The molecule has 4 nitrogen and oxygen atoms in total. The third-order valence-electron chi connectivity index (χ3n) is 4.05. The lowest BCUT2D eigenvalue weighted by molar-refractivity contribution is -0.112. The van der Waals surface area contributed by atoms with E-state index in [-0.39, 0.29) is 10.8 Å². The van der Waals surface area contributed by atoms with E-state index in [1.807, 2.05) is 32.9 Å². The number of sulfonamides is 1. The molecule has 0 aliphatic carbocycles. The van der Waals surface area contributed by atoms with Gasteiger partial charge in [-0.1, -0.05) is 49.7 Å². The van der Waals surface area contributed by atoms with Crippen LogP contribution in [0.5, 0.6) is 0 Å². The number of hydrogen-bond acceptors (Lipinski definition) is 3. The van der Waals surface area contributed by atoms with Gasteiger partial charge in [-0.15, -0.1) is 0 Å². The van der Waals surface area contributed by atoms with Crippen LogP contribution in [-0.2, 0) is 14.8 Å². The summed E-state index contributed by atoms with van der Waals surface area (Å²) < 4.78 is 27.7. The summed E-state index contributed by atoms with van der Waals surface area (Å²) in [4.78, 5) is 12.0. The topological polar surface area (TPSA) is 54.5 Å². The first-order valence-electron chi connectivity index (χ1n) is 8.05. The van der Waals surface area contributed by atoms with Crippen molar-refractivity contribution in [2.75, 3.05) is 4.31 Å². The van der Waals surface area contributed by atoms with Crippen molar-refractivity contribution in [3.63, 3.8) is 0 Å². The Bertz CT molecular complexity index is 860. The Kier molecular flexibility index (Phi) is 5.91. The van der Waals surface area contributed by atoms with Crippen LogP contribution in [0.3, 0.4) is 0 Å². The third-order valence-corrected chi connectivity index (χ3v) is 6.27. The van der Waals surface area contributed by atoms with Crippen molar-refractivity contribution in [1.82, 2.24) is 0 Å². The molecule has 0 saturated heterocycles. The number of para-hydroxylation sites is 1. The van der Waals surface area contributed by atoms with E-state index in [2.05, 4.69) is 0 Å². The summed E-state index contributed by atoms with van der Waals surface area (Å²) in [6, 6.07) is 12.7. The van der Waals surface area contributed by atoms with E-state index in [4.69, 9.17) is 11.6 Å². The van der Waals surface area contributed by atoms with Gasteiger partial charge in [0.1, 0.15) is 6.04 Å². The summed E-state index contributed by atoms with van der Waals surface area (Å²) in [6.07, 6.45) is 0. The van der Waals surface area contributed by atoms with E-state index >= 15 is 0 Å². The number of anilines is 1. The van der Waals surface area contributed by atoms with Gasteiger partial charge in [-0.05, 0) is 55.1 Å². The number of aryl methyl sites for hydroxylation is 1. The Labute approximate surface area is 154 Å². The van der Waals surface area contributed by atoms with Crippen LogP contribution < -0.4 is 4.31 Å². The predicted octanol–water partition coefficient (Wildman–Crippen LogP) is 4.47. The maximum absolute atomic E-state index is 13.3. The molecule has 2 aromatic rings. The summed E-state index contributed by atoms with van der Waals surface area (Å²) in [5.74, 6) is 0.0875. The monoisotopic (exact) mass is 379 g/mol. The summed E-state index contributed by atoms with van der Waals surface area (Å²) in [5, 5.41) is -0.728. The summed E-state index contributed by atoms with van der Waals surface area (Å²) in [5.41, 5.74) is 2.26. The molecule has 25 heavy (non-hydrogen) atoms. The first-order valence-corrected chi connectivity index (χ1v) is 9.87. The van der Waals surface area contributed by atoms with Gasteiger partial charge in [0, 0.05) is 0 Å². The molecule has 0 amide bonds. The third kappa shape index (κ3) is 4.05. The first-order chi connectivity index (χ1) is 11.7. The standard InChI is InChI=1S/C19H22ClNO3S/c1-13(2)17-7-5-6-8-18(17)21(15(4)19(20)22)25(23,24)16-11-9-14(3)10-12-16/h5-13,15H,1-4H3. The van der Waals surface area contributed by atoms with Crippen molar-refractivity contribution in [3.05, 3.63) is 59.7 Å². The second-order valence-electron chi connectivity index (χ2n) is 6.31. The number of halogens is 1. The highest BCUT2D eigenvalue weighted by Gasteiger charge is 2.34. The van der Waals surface area contributed by atoms with Gasteiger partial charge in [0.15, 0.2) is 0 Å². The van der Waals surface area contributed by atoms with Crippen molar-refractivity contribution in [1.29, 1.82) is 0 Å². The lowest BCUT2D eigenvalue weighted by atomic mass is 10.0. The Morgan fingerprint density at radius 3 is 2.08 bits per heavy atom. The average Bonchev–Trinajstić information content (AvgIpc) is 2.55. The fourth-order valence-electron chi connectivity index (χ4n) is 2.64. The molecule has 2 aromatic carbocycles. The Hall–Kier alpha value is -1.85. The van der Waals surface area contributed by atoms with Crippen LogP contribution in [0, 0.1) is 6.92 Å². The van der Waals surface area contributed by atoms with Crippen molar-refractivity contribution in [2.24, 2.45) is 0 Å². The van der Waals surface area contributed by atoms with Crippen LogP contribution in [0.15, 0.2) is 53.4 Å². The van der Waals surface area contributed by atoms with Crippen LogP contribution >= 0.6 is 11.6 Å². The minimum atomic E-state index is -3.94. The van der Waals surface area contributed by atoms with Crippen molar-refractivity contribution in [3.8, 4) is 0 Å². The normalized spacial score (nSPS) is 12.9. The van der Waals surface area contributed by atoms with Crippen molar-refractivity contribution >= 4 is 32.6 Å². The number of carbonyl (C=O) groups excluding carboxylic acids is 1. The summed E-state index contributed by atoms with van der Waals surface area (Å²) >= 11 is 5.68. The highest BCUT2D eigenvalue weighted by molar-refractivity contribution is 7.93. The van der Waals surface area contributed by atoms with Crippen LogP contribution in [0.1, 0.15) is 37.8 Å². The molecule has 1 unspecified atom stereocenters. The maximum atomic E-state index is 13.3. The molecule has 134 valence electrons. The van der Waals surface area contributed by atoms with E-state index in [0.717, 1.165) is 15.4 Å². The second kappa shape index (κ2) is 7.58. The lowest BCUT2D eigenvalue weighted by Crippen LogP contribution is -2.42. The van der Waals surface area contributed by atoms with E-state index in [9.17, 15) is 13.2 Å². The van der Waals surface area contributed by atoms with E-state index in [1.54, 1.807) is 36.4 Å². The number of benzene rings is 2. The molecule has 0 heterocycles. The molecule has 0 bridgehead atoms. The van der Waals surface area contributed by atoms with Gasteiger partial charge in [0.05, 0.1) is 10.6 Å². The van der Waals surface area contributed by atoms with E-state index in [1.165, 1.54) is 6.92 Å². The zero-order chi connectivity index (χ0) is 18.8. The molecule has 0 N–H and O–H groups in total. The number of carbonyl (C=O) groups is 1. The number of hydrogen-bond donors (Lipinski definition) is 0. The molecule has 0 saturated carbocycles. The fraction of sp³-hybridized carbons (Fsp3) is 0.316. The average molecular weight is 380 g/mol. The largest absolute Gasteiger partial charge is 0.279 e. The zero-order valence-corrected chi connectivity index (χ0v) is 16.3. The quantitative estimate of drug-likeness (QED) is 0.696. The molecule has 6 heteroatoms. The second-order valence-corrected chi connectivity index (χ2v) is 8.49. The van der Waals surface area contributed by atoms with Crippen LogP contribution in [0.25, 0.3) is 0 Å². The van der Waals surface area contributed by atoms with Crippen LogP contribution in [0.4, 0.5) is 5.69 Å². The van der Waals surface area contributed by atoms with Gasteiger partial charge in [0.25, 0.3) is 10.0 Å². The molecule has 0 aromatic heterocycles. The minimum absolute atomic E-state index is 0.0875. The van der Waals surface area contributed by atoms with Gasteiger partial charge < -0.3 is 0 Å². The zero-order valence-electron chi connectivity index (χ0n) is 14.7. The van der Waals surface area contributed by atoms with Gasteiger partial charge >= 0.3 is 0 Å². The van der Waals surface area contributed by atoms with E-state index < -0.39 is 21.3 Å². The minimum Gasteiger partial charge on any atom is -0.279 e. The highest BCUT2D eigenvalue weighted by atomic mass is 35.5. The number of nitrogens with zero attached hydrogens (tertiary/aromatic N) is 1. The van der Waals surface area contributed by atoms with Gasteiger partial charge in [-0.2, -0.15) is 0 Å².